The predicted molar refractivity (Wildman–Crippen MR) is 111 cm³/mol. The zero-order valence-electron chi connectivity index (χ0n) is 16.0. The third kappa shape index (κ3) is 4.92. The molecule has 160 valence electrons. The van der Waals surface area contributed by atoms with Gasteiger partial charge in [-0.2, -0.15) is 13.2 Å². The molecule has 1 fully saturated rings. The van der Waals surface area contributed by atoms with Crippen molar-refractivity contribution < 1.29 is 22.9 Å². The number of nitro benzene ring substituents is 1. The maximum Gasteiger partial charge on any atom is 0.416 e. The van der Waals surface area contributed by atoms with Crippen molar-refractivity contribution in [3.05, 3.63) is 62.1 Å². The predicted octanol–water partition coefficient (Wildman–Crippen LogP) is 5.54. The lowest BCUT2D eigenvalue weighted by atomic mass is 9.95. The SMILES string of the molecule is Cc1ccc(Br)cc1NC(=O)C1CCN(c2ccc(C(F)(F)F)cc2[N+](=O)[O-])CC1. The van der Waals surface area contributed by atoms with Crippen molar-refractivity contribution in [1.29, 1.82) is 0 Å². The zero-order valence-corrected chi connectivity index (χ0v) is 17.6. The maximum absolute atomic E-state index is 12.9. The largest absolute Gasteiger partial charge is 0.416 e. The molecule has 1 aliphatic heterocycles. The van der Waals surface area contributed by atoms with Gasteiger partial charge in [-0.05, 0) is 49.6 Å². The lowest BCUT2D eigenvalue weighted by Crippen LogP contribution is -2.38. The number of carbonyl (C=O) groups excluding carboxylic acids is 1. The highest BCUT2D eigenvalue weighted by Crippen LogP contribution is 2.37. The van der Waals surface area contributed by atoms with Crippen LogP contribution < -0.4 is 10.2 Å². The molecule has 1 amide bonds. The third-order valence-corrected chi connectivity index (χ3v) is 5.66. The highest BCUT2D eigenvalue weighted by Gasteiger charge is 2.35. The second-order valence-electron chi connectivity index (χ2n) is 7.17. The summed E-state index contributed by atoms with van der Waals surface area (Å²) in [6.07, 6.45) is -3.77. The van der Waals surface area contributed by atoms with E-state index in [1.807, 2.05) is 25.1 Å². The molecule has 0 atom stereocenters. The maximum atomic E-state index is 12.9. The van der Waals surface area contributed by atoms with E-state index < -0.39 is 22.4 Å². The number of benzene rings is 2. The molecule has 1 heterocycles. The molecule has 0 saturated carbocycles. The Kier molecular flexibility index (Phi) is 6.35. The fourth-order valence-electron chi connectivity index (χ4n) is 3.46. The first kappa shape index (κ1) is 22.1. The monoisotopic (exact) mass is 485 g/mol. The van der Waals surface area contributed by atoms with E-state index in [4.69, 9.17) is 0 Å². The third-order valence-electron chi connectivity index (χ3n) is 5.16. The van der Waals surface area contributed by atoms with Crippen LogP contribution in [0.5, 0.6) is 0 Å². The van der Waals surface area contributed by atoms with E-state index in [0.717, 1.165) is 22.2 Å². The number of anilines is 2. The number of nitrogens with one attached hydrogen (secondary N) is 1. The number of amides is 1. The van der Waals surface area contributed by atoms with E-state index in [1.54, 1.807) is 4.90 Å². The van der Waals surface area contributed by atoms with Gasteiger partial charge in [-0.25, -0.2) is 0 Å². The summed E-state index contributed by atoms with van der Waals surface area (Å²) in [5.74, 6) is -0.425. The molecule has 1 saturated heterocycles. The number of nitrogens with zero attached hydrogens (tertiary/aromatic N) is 2. The number of carbonyl (C=O) groups is 1. The van der Waals surface area contributed by atoms with Gasteiger partial charge in [0.2, 0.25) is 5.91 Å². The molecule has 30 heavy (non-hydrogen) atoms. The standard InChI is InChI=1S/C20H19BrF3N3O3/c1-12-2-4-15(21)11-16(12)25-19(28)13-6-8-26(9-7-13)17-5-3-14(20(22,23)24)10-18(17)27(29)30/h2-5,10-11,13H,6-9H2,1H3,(H,25,28). The molecule has 0 aromatic heterocycles. The van der Waals surface area contributed by atoms with E-state index >= 15 is 0 Å². The topological polar surface area (TPSA) is 75.5 Å². The Morgan fingerprint density at radius 2 is 1.87 bits per heavy atom. The Morgan fingerprint density at radius 1 is 1.20 bits per heavy atom. The van der Waals surface area contributed by atoms with Crippen LogP contribution in [0.25, 0.3) is 0 Å². The number of hydrogen-bond donors (Lipinski definition) is 1. The summed E-state index contributed by atoms with van der Waals surface area (Å²) in [4.78, 5) is 24.8. The van der Waals surface area contributed by atoms with Crippen molar-refractivity contribution in [2.75, 3.05) is 23.3 Å². The summed E-state index contributed by atoms with van der Waals surface area (Å²) in [7, 11) is 0. The van der Waals surface area contributed by atoms with Gasteiger partial charge < -0.3 is 10.2 Å². The van der Waals surface area contributed by atoms with Crippen LogP contribution in [0.3, 0.4) is 0 Å². The molecule has 0 spiro atoms. The molecule has 2 aromatic carbocycles. The van der Waals surface area contributed by atoms with Gasteiger partial charge in [0.25, 0.3) is 5.69 Å². The highest BCUT2D eigenvalue weighted by atomic mass is 79.9. The van der Waals surface area contributed by atoms with Crippen LogP contribution in [-0.2, 0) is 11.0 Å². The number of halogens is 4. The Bertz CT molecular complexity index is 973. The molecule has 0 aliphatic carbocycles. The second kappa shape index (κ2) is 8.63. The van der Waals surface area contributed by atoms with Gasteiger partial charge >= 0.3 is 6.18 Å². The van der Waals surface area contributed by atoms with E-state index in [9.17, 15) is 28.1 Å². The summed E-state index contributed by atoms with van der Waals surface area (Å²) in [5, 5.41) is 14.2. The Labute approximate surface area is 179 Å². The first-order chi connectivity index (χ1) is 14.1. The zero-order chi connectivity index (χ0) is 22.1. The normalized spacial score (nSPS) is 15.2. The summed E-state index contributed by atoms with van der Waals surface area (Å²) < 4.78 is 39.5. The Balaban J connectivity index is 1.70. The summed E-state index contributed by atoms with van der Waals surface area (Å²) >= 11 is 3.37. The fraction of sp³-hybridized carbons (Fsp3) is 0.350. The number of piperidine rings is 1. The van der Waals surface area contributed by atoms with Gasteiger partial charge in [0.05, 0.1) is 10.5 Å². The first-order valence-electron chi connectivity index (χ1n) is 9.24. The Morgan fingerprint density at radius 3 is 2.47 bits per heavy atom. The molecular formula is C20H19BrF3N3O3. The molecule has 6 nitrogen and oxygen atoms in total. The highest BCUT2D eigenvalue weighted by molar-refractivity contribution is 9.10. The molecule has 3 rings (SSSR count). The molecular weight excluding hydrogens is 467 g/mol. The minimum atomic E-state index is -4.65. The van der Waals surface area contributed by atoms with E-state index in [-0.39, 0.29) is 17.5 Å². The van der Waals surface area contributed by atoms with Crippen LogP contribution in [0.15, 0.2) is 40.9 Å². The van der Waals surface area contributed by atoms with Gasteiger partial charge in [-0.1, -0.05) is 22.0 Å². The van der Waals surface area contributed by atoms with Gasteiger partial charge in [0, 0.05) is 35.2 Å². The van der Waals surface area contributed by atoms with Crippen molar-refractivity contribution in [2.24, 2.45) is 5.92 Å². The quantitative estimate of drug-likeness (QED) is 0.455. The number of rotatable bonds is 4. The summed E-state index contributed by atoms with van der Waals surface area (Å²) in [6, 6.07) is 8.11. The summed E-state index contributed by atoms with van der Waals surface area (Å²) in [6.45, 7) is 2.55. The Hall–Kier alpha value is -2.62. The van der Waals surface area contributed by atoms with Crippen LogP contribution in [0.2, 0.25) is 0 Å². The van der Waals surface area contributed by atoms with Gasteiger partial charge in [-0.15, -0.1) is 0 Å². The van der Waals surface area contributed by atoms with Crippen molar-refractivity contribution in [1.82, 2.24) is 0 Å². The van der Waals surface area contributed by atoms with Gasteiger partial charge in [0.1, 0.15) is 5.69 Å². The minimum absolute atomic E-state index is 0.134. The second-order valence-corrected chi connectivity index (χ2v) is 8.08. The molecule has 0 bridgehead atoms. The molecule has 0 radical (unpaired) electrons. The van der Waals surface area contributed by atoms with E-state index in [2.05, 4.69) is 21.2 Å². The van der Waals surface area contributed by atoms with Gasteiger partial charge in [-0.3, -0.25) is 14.9 Å². The lowest BCUT2D eigenvalue weighted by molar-refractivity contribution is -0.384. The lowest BCUT2D eigenvalue weighted by Gasteiger charge is -2.32. The average Bonchev–Trinajstić information content (AvgIpc) is 2.69. The number of nitro groups is 1. The molecule has 10 heteroatoms. The van der Waals surface area contributed by atoms with Crippen LogP contribution in [0, 0.1) is 23.0 Å². The van der Waals surface area contributed by atoms with E-state index in [0.29, 0.717) is 37.7 Å². The van der Waals surface area contributed by atoms with E-state index in [1.165, 1.54) is 0 Å². The average molecular weight is 486 g/mol. The van der Waals surface area contributed by atoms with Crippen LogP contribution in [0.4, 0.5) is 30.2 Å². The summed E-state index contributed by atoms with van der Waals surface area (Å²) in [5.41, 5.74) is 0.114. The smallest absolute Gasteiger partial charge is 0.366 e. The molecule has 2 aromatic rings. The van der Waals surface area contributed by atoms with Crippen LogP contribution in [-0.4, -0.2) is 23.9 Å². The number of hydrogen-bond acceptors (Lipinski definition) is 4. The number of alkyl halides is 3. The van der Waals surface area contributed by atoms with Crippen LogP contribution in [0.1, 0.15) is 24.0 Å². The molecule has 1 aliphatic rings. The van der Waals surface area contributed by atoms with Crippen molar-refractivity contribution >= 4 is 38.9 Å². The minimum Gasteiger partial charge on any atom is -0.366 e. The fourth-order valence-corrected chi connectivity index (χ4v) is 3.82. The van der Waals surface area contributed by atoms with Crippen LogP contribution >= 0.6 is 15.9 Å². The van der Waals surface area contributed by atoms with Crippen molar-refractivity contribution in [3.8, 4) is 0 Å². The molecule has 0 unspecified atom stereocenters. The molecule has 1 N–H and O–H groups in total. The first-order valence-corrected chi connectivity index (χ1v) is 10.0. The van der Waals surface area contributed by atoms with Crippen molar-refractivity contribution in [3.63, 3.8) is 0 Å². The number of aryl methyl sites for hydroxylation is 1. The van der Waals surface area contributed by atoms with Crippen molar-refractivity contribution in [2.45, 2.75) is 25.9 Å². The van der Waals surface area contributed by atoms with Gasteiger partial charge in [0.15, 0.2) is 0 Å².